The lowest BCUT2D eigenvalue weighted by Gasteiger charge is -2.18. The van der Waals surface area contributed by atoms with Crippen LogP contribution in [-0.4, -0.2) is 44.5 Å². The highest BCUT2D eigenvalue weighted by Crippen LogP contribution is 2.28. The Morgan fingerprint density at radius 1 is 1.12 bits per heavy atom. The summed E-state index contributed by atoms with van der Waals surface area (Å²) in [5.74, 6) is 0.361. The predicted molar refractivity (Wildman–Crippen MR) is 126 cm³/mol. The SMILES string of the molecule is COc1ccc2c(C)c(CCC(=O)N(C)CC(=O)Nc3cc(Cl)ccc3OC)c(=O)oc2c1. The van der Waals surface area contributed by atoms with Crippen LogP contribution in [0.3, 0.4) is 0 Å². The normalized spacial score (nSPS) is 10.7. The van der Waals surface area contributed by atoms with Gasteiger partial charge in [-0.1, -0.05) is 11.6 Å². The Balaban J connectivity index is 1.65. The molecular formula is C24H25ClN2O6. The molecule has 0 radical (unpaired) electrons. The van der Waals surface area contributed by atoms with Crippen molar-refractivity contribution in [2.24, 2.45) is 0 Å². The zero-order valence-corrected chi connectivity index (χ0v) is 19.6. The molecule has 1 heterocycles. The van der Waals surface area contributed by atoms with Crippen LogP contribution in [0.4, 0.5) is 5.69 Å². The van der Waals surface area contributed by atoms with E-state index in [1.165, 1.54) is 26.2 Å². The van der Waals surface area contributed by atoms with Gasteiger partial charge in [0.25, 0.3) is 0 Å². The number of hydrogen-bond acceptors (Lipinski definition) is 6. The van der Waals surface area contributed by atoms with Gasteiger partial charge in [0.2, 0.25) is 11.8 Å². The molecule has 0 aliphatic carbocycles. The molecule has 174 valence electrons. The fourth-order valence-corrected chi connectivity index (χ4v) is 3.66. The summed E-state index contributed by atoms with van der Waals surface area (Å²) in [6, 6.07) is 10.1. The fraction of sp³-hybridized carbons (Fsp3) is 0.292. The van der Waals surface area contributed by atoms with Gasteiger partial charge in [-0.15, -0.1) is 0 Å². The van der Waals surface area contributed by atoms with E-state index in [1.807, 2.05) is 13.0 Å². The highest BCUT2D eigenvalue weighted by molar-refractivity contribution is 6.31. The minimum absolute atomic E-state index is 0.0531. The number of amides is 2. The second-order valence-electron chi connectivity index (χ2n) is 7.50. The lowest BCUT2D eigenvalue weighted by Crippen LogP contribution is -2.35. The number of rotatable bonds is 8. The number of hydrogen-bond donors (Lipinski definition) is 1. The van der Waals surface area contributed by atoms with E-state index in [0.717, 1.165) is 10.9 Å². The number of fused-ring (bicyclic) bond motifs is 1. The van der Waals surface area contributed by atoms with E-state index in [-0.39, 0.29) is 25.3 Å². The van der Waals surface area contributed by atoms with Crippen molar-refractivity contribution in [2.75, 3.05) is 33.1 Å². The second-order valence-corrected chi connectivity index (χ2v) is 7.93. The molecule has 0 bridgehead atoms. The maximum absolute atomic E-state index is 12.6. The number of methoxy groups -OCH3 is 2. The van der Waals surface area contributed by atoms with E-state index in [2.05, 4.69) is 5.32 Å². The van der Waals surface area contributed by atoms with Gasteiger partial charge in [0.1, 0.15) is 17.1 Å². The quantitative estimate of drug-likeness (QED) is 0.501. The summed E-state index contributed by atoms with van der Waals surface area (Å²) in [6.07, 6.45) is 0.251. The maximum Gasteiger partial charge on any atom is 0.339 e. The van der Waals surface area contributed by atoms with Gasteiger partial charge in [0.05, 0.1) is 26.5 Å². The summed E-state index contributed by atoms with van der Waals surface area (Å²) in [5.41, 5.74) is 1.54. The van der Waals surface area contributed by atoms with Crippen molar-refractivity contribution in [3.8, 4) is 11.5 Å². The van der Waals surface area contributed by atoms with Crippen molar-refractivity contribution < 1.29 is 23.5 Å². The van der Waals surface area contributed by atoms with Gasteiger partial charge in [0, 0.05) is 35.5 Å². The molecule has 0 saturated heterocycles. The second kappa shape index (κ2) is 10.4. The lowest BCUT2D eigenvalue weighted by atomic mass is 10.0. The molecule has 33 heavy (non-hydrogen) atoms. The van der Waals surface area contributed by atoms with Crippen LogP contribution in [0.25, 0.3) is 11.0 Å². The first-order chi connectivity index (χ1) is 15.7. The third-order valence-electron chi connectivity index (χ3n) is 5.33. The molecule has 0 saturated carbocycles. The molecule has 0 atom stereocenters. The van der Waals surface area contributed by atoms with Crippen LogP contribution in [0.1, 0.15) is 17.5 Å². The topological polar surface area (TPSA) is 98.1 Å². The van der Waals surface area contributed by atoms with Gasteiger partial charge in [0.15, 0.2) is 0 Å². The van der Waals surface area contributed by atoms with Crippen molar-refractivity contribution in [1.29, 1.82) is 0 Å². The molecular weight excluding hydrogens is 448 g/mol. The zero-order valence-electron chi connectivity index (χ0n) is 18.9. The Morgan fingerprint density at radius 2 is 1.88 bits per heavy atom. The Kier molecular flexibility index (Phi) is 7.60. The van der Waals surface area contributed by atoms with Crippen LogP contribution >= 0.6 is 11.6 Å². The summed E-state index contributed by atoms with van der Waals surface area (Å²) in [6.45, 7) is 1.65. The number of nitrogens with zero attached hydrogens (tertiary/aromatic N) is 1. The molecule has 2 aromatic carbocycles. The minimum Gasteiger partial charge on any atom is -0.497 e. The van der Waals surface area contributed by atoms with Gasteiger partial charge in [-0.3, -0.25) is 9.59 Å². The van der Waals surface area contributed by atoms with Gasteiger partial charge in [-0.05, 0) is 49.2 Å². The van der Waals surface area contributed by atoms with Gasteiger partial charge in [-0.2, -0.15) is 0 Å². The number of ether oxygens (including phenoxy) is 2. The highest BCUT2D eigenvalue weighted by Gasteiger charge is 2.18. The zero-order chi connectivity index (χ0) is 24.1. The number of anilines is 1. The largest absolute Gasteiger partial charge is 0.497 e. The molecule has 0 fully saturated rings. The molecule has 0 spiro atoms. The summed E-state index contributed by atoms with van der Waals surface area (Å²) >= 11 is 5.98. The number of aryl methyl sites for hydroxylation is 1. The minimum atomic E-state index is -0.491. The molecule has 0 unspecified atom stereocenters. The van der Waals surface area contributed by atoms with Gasteiger partial charge in [-0.25, -0.2) is 4.79 Å². The Morgan fingerprint density at radius 3 is 2.58 bits per heavy atom. The van der Waals surface area contributed by atoms with E-state index >= 15 is 0 Å². The molecule has 3 aromatic rings. The predicted octanol–water partition coefficient (Wildman–Crippen LogP) is 3.80. The average Bonchev–Trinajstić information content (AvgIpc) is 2.78. The first-order valence-electron chi connectivity index (χ1n) is 10.2. The van der Waals surface area contributed by atoms with Crippen molar-refractivity contribution in [2.45, 2.75) is 19.8 Å². The summed E-state index contributed by atoms with van der Waals surface area (Å²) in [5, 5.41) is 3.91. The van der Waals surface area contributed by atoms with Crippen molar-refractivity contribution in [3.05, 3.63) is 63.0 Å². The third kappa shape index (κ3) is 5.64. The monoisotopic (exact) mass is 472 g/mol. The van der Waals surface area contributed by atoms with E-state index in [9.17, 15) is 14.4 Å². The number of benzene rings is 2. The van der Waals surface area contributed by atoms with Crippen LogP contribution in [0.2, 0.25) is 5.02 Å². The number of carbonyl (C=O) groups excluding carboxylic acids is 2. The number of nitrogens with one attached hydrogen (secondary N) is 1. The van der Waals surface area contributed by atoms with Crippen molar-refractivity contribution in [3.63, 3.8) is 0 Å². The van der Waals surface area contributed by atoms with Crippen LogP contribution < -0.4 is 20.4 Å². The highest BCUT2D eigenvalue weighted by atomic mass is 35.5. The molecule has 0 aliphatic heterocycles. The average molecular weight is 473 g/mol. The molecule has 2 amide bonds. The van der Waals surface area contributed by atoms with E-state index in [1.54, 1.807) is 30.3 Å². The third-order valence-corrected chi connectivity index (χ3v) is 5.56. The number of likely N-dealkylation sites (N-methyl/N-ethyl adjacent to an activating group) is 1. The molecule has 1 aromatic heterocycles. The molecule has 0 aliphatic rings. The number of carbonyl (C=O) groups is 2. The van der Waals surface area contributed by atoms with E-state index in [0.29, 0.717) is 33.4 Å². The van der Waals surface area contributed by atoms with Gasteiger partial charge < -0.3 is 24.1 Å². The Labute approximate surface area is 196 Å². The lowest BCUT2D eigenvalue weighted by molar-refractivity contribution is -0.133. The first-order valence-corrected chi connectivity index (χ1v) is 10.6. The first kappa shape index (κ1) is 24.1. The van der Waals surface area contributed by atoms with E-state index in [4.69, 9.17) is 25.5 Å². The molecule has 3 rings (SSSR count). The molecule has 8 nitrogen and oxygen atoms in total. The summed E-state index contributed by atoms with van der Waals surface area (Å²) < 4.78 is 15.8. The summed E-state index contributed by atoms with van der Waals surface area (Å²) in [7, 11) is 4.55. The number of halogens is 1. The molecule has 9 heteroatoms. The summed E-state index contributed by atoms with van der Waals surface area (Å²) in [4.78, 5) is 38.8. The van der Waals surface area contributed by atoms with Crippen LogP contribution in [-0.2, 0) is 16.0 Å². The molecule has 1 N–H and O–H groups in total. The van der Waals surface area contributed by atoms with E-state index < -0.39 is 11.5 Å². The van der Waals surface area contributed by atoms with Crippen LogP contribution in [0.15, 0.2) is 45.6 Å². The van der Waals surface area contributed by atoms with Crippen molar-refractivity contribution in [1.82, 2.24) is 4.90 Å². The standard InChI is InChI=1S/C24H25ClN2O6/c1-14-17-7-6-16(31-3)12-21(17)33-24(30)18(14)8-10-23(29)27(2)13-22(28)26-19-11-15(25)5-9-20(19)32-4/h5-7,9,11-12H,8,10,13H2,1-4H3,(H,26,28). The van der Waals surface area contributed by atoms with Crippen LogP contribution in [0.5, 0.6) is 11.5 Å². The fourth-order valence-electron chi connectivity index (χ4n) is 3.48. The Bertz CT molecular complexity index is 1250. The Hall–Kier alpha value is -3.52. The van der Waals surface area contributed by atoms with Crippen LogP contribution in [0, 0.1) is 6.92 Å². The van der Waals surface area contributed by atoms with Gasteiger partial charge >= 0.3 is 5.63 Å². The van der Waals surface area contributed by atoms with Crippen molar-refractivity contribution >= 4 is 40.1 Å². The maximum atomic E-state index is 12.6. The smallest absolute Gasteiger partial charge is 0.339 e.